The highest BCUT2D eigenvalue weighted by atomic mass is 19.4. The molecule has 3 nitrogen and oxygen atoms in total. The Hall–Kier alpha value is -1.27. The Kier molecular flexibility index (Phi) is 3.77. The van der Waals surface area contributed by atoms with Crippen molar-refractivity contribution >= 4 is 0 Å². The van der Waals surface area contributed by atoms with E-state index in [1.54, 1.807) is 0 Å². The molecule has 0 aromatic heterocycles. The first kappa shape index (κ1) is 12.8. The summed E-state index contributed by atoms with van der Waals surface area (Å²) in [5.74, 6) is -0.277. The van der Waals surface area contributed by atoms with Crippen LogP contribution in [0, 0.1) is 0 Å². The summed E-state index contributed by atoms with van der Waals surface area (Å²) in [6, 6.07) is 3.36. The van der Waals surface area contributed by atoms with Gasteiger partial charge in [0.05, 0.1) is 18.8 Å². The summed E-state index contributed by atoms with van der Waals surface area (Å²) in [4.78, 5) is 0. The summed E-state index contributed by atoms with van der Waals surface area (Å²) in [6.07, 6.45) is -5.62. The third-order valence-electron chi connectivity index (χ3n) is 2.14. The molecule has 0 aliphatic carbocycles. The van der Waals surface area contributed by atoms with Crippen LogP contribution in [-0.2, 0) is 6.18 Å². The summed E-state index contributed by atoms with van der Waals surface area (Å²) in [5, 5.41) is 9.35. The van der Waals surface area contributed by atoms with E-state index >= 15 is 0 Å². The zero-order valence-corrected chi connectivity index (χ0v) is 8.58. The van der Waals surface area contributed by atoms with Crippen molar-refractivity contribution in [2.75, 3.05) is 13.7 Å². The smallest absolute Gasteiger partial charge is 0.419 e. The number of halogens is 3. The summed E-state index contributed by atoms with van der Waals surface area (Å²) in [6.45, 7) is -0.135. The maximum atomic E-state index is 12.6. The van der Waals surface area contributed by atoms with Gasteiger partial charge < -0.3 is 15.6 Å². The van der Waals surface area contributed by atoms with E-state index in [0.29, 0.717) is 0 Å². The summed E-state index contributed by atoms with van der Waals surface area (Å²) >= 11 is 0. The molecule has 1 rings (SSSR count). The van der Waals surface area contributed by atoms with Crippen LogP contribution in [0.3, 0.4) is 0 Å². The van der Waals surface area contributed by atoms with Crippen LogP contribution in [0.4, 0.5) is 13.2 Å². The average molecular weight is 235 g/mol. The lowest BCUT2D eigenvalue weighted by Gasteiger charge is -2.15. The molecule has 6 heteroatoms. The van der Waals surface area contributed by atoms with Gasteiger partial charge >= 0.3 is 6.18 Å². The molecule has 0 aliphatic rings. The van der Waals surface area contributed by atoms with Gasteiger partial charge in [0.2, 0.25) is 0 Å². The third-order valence-corrected chi connectivity index (χ3v) is 2.14. The van der Waals surface area contributed by atoms with Crippen molar-refractivity contribution in [1.82, 2.24) is 0 Å². The van der Waals surface area contributed by atoms with E-state index in [2.05, 4.69) is 4.74 Å². The van der Waals surface area contributed by atoms with E-state index in [0.717, 1.165) is 19.2 Å². The molecular weight excluding hydrogens is 223 g/mol. The topological polar surface area (TPSA) is 55.5 Å². The Bertz CT molecular complexity index is 366. The summed E-state index contributed by atoms with van der Waals surface area (Å²) in [5.41, 5.74) is 4.38. The predicted molar refractivity (Wildman–Crippen MR) is 52.0 cm³/mol. The highest BCUT2D eigenvalue weighted by molar-refractivity contribution is 5.40. The van der Waals surface area contributed by atoms with Crippen LogP contribution in [0.2, 0.25) is 0 Å². The number of nitrogens with two attached hydrogens (primary N) is 1. The Morgan fingerprint density at radius 1 is 1.44 bits per heavy atom. The molecule has 0 saturated heterocycles. The van der Waals surface area contributed by atoms with Gasteiger partial charge in [-0.2, -0.15) is 13.2 Å². The Balaban J connectivity index is 3.22. The molecule has 1 aromatic rings. The van der Waals surface area contributed by atoms with Gasteiger partial charge in [0.25, 0.3) is 0 Å². The minimum absolute atomic E-state index is 0.121. The van der Waals surface area contributed by atoms with Gasteiger partial charge in [0.1, 0.15) is 5.75 Å². The van der Waals surface area contributed by atoms with E-state index in [1.165, 1.54) is 6.07 Å². The number of alkyl halides is 3. The first-order chi connectivity index (χ1) is 7.40. The Morgan fingerprint density at radius 2 is 2.06 bits per heavy atom. The second-order valence-electron chi connectivity index (χ2n) is 3.21. The van der Waals surface area contributed by atoms with Gasteiger partial charge in [-0.15, -0.1) is 0 Å². The molecule has 0 saturated carbocycles. The average Bonchev–Trinajstić information content (AvgIpc) is 2.26. The minimum atomic E-state index is -4.52. The molecule has 0 spiro atoms. The first-order valence-electron chi connectivity index (χ1n) is 4.53. The van der Waals surface area contributed by atoms with E-state index < -0.39 is 17.8 Å². The Morgan fingerprint density at radius 3 is 2.50 bits per heavy atom. The van der Waals surface area contributed by atoms with Crippen molar-refractivity contribution in [2.24, 2.45) is 5.73 Å². The first-order valence-corrected chi connectivity index (χ1v) is 4.53. The number of hydrogen-bond acceptors (Lipinski definition) is 3. The molecule has 90 valence electrons. The molecule has 0 heterocycles. The molecular formula is C10H12F3NO2. The van der Waals surface area contributed by atoms with Crippen molar-refractivity contribution in [3.63, 3.8) is 0 Å². The second kappa shape index (κ2) is 4.71. The molecule has 0 unspecified atom stereocenters. The maximum Gasteiger partial charge on any atom is 0.419 e. The highest BCUT2D eigenvalue weighted by Crippen LogP contribution is 2.37. The lowest BCUT2D eigenvalue weighted by Crippen LogP contribution is -2.14. The van der Waals surface area contributed by atoms with E-state index in [9.17, 15) is 18.3 Å². The lowest BCUT2D eigenvalue weighted by atomic mass is 10.0. The number of ether oxygens (including phenoxy) is 1. The van der Waals surface area contributed by atoms with Crippen molar-refractivity contribution in [2.45, 2.75) is 12.3 Å². The summed E-state index contributed by atoms with van der Waals surface area (Å²) in [7, 11) is 1.16. The van der Waals surface area contributed by atoms with Gasteiger partial charge in [-0.1, -0.05) is 6.07 Å². The molecule has 0 fully saturated rings. The van der Waals surface area contributed by atoms with Gasteiger partial charge in [0, 0.05) is 6.54 Å². The molecule has 1 atom stereocenters. The zero-order chi connectivity index (χ0) is 12.3. The van der Waals surface area contributed by atoms with Crippen molar-refractivity contribution in [1.29, 1.82) is 0 Å². The molecule has 1 aromatic carbocycles. The molecule has 0 amide bonds. The predicted octanol–water partition coefficient (Wildman–Crippen LogP) is 1.71. The number of methoxy groups -OCH3 is 1. The fourth-order valence-electron chi connectivity index (χ4n) is 1.29. The van der Waals surface area contributed by atoms with Gasteiger partial charge in [-0.3, -0.25) is 0 Å². The molecule has 3 N–H and O–H groups in total. The van der Waals surface area contributed by atoms with E-state index in [4.69, 9.17) is 5.73 Å². The molecule has 0 bridgehead atoms. The van der Waals surface area contributed by atoms with Crippen molar-refractivity contribution in [3.8, 4) is 5.75 Å². The fourth-order valence-corrected chi connectivity index (χ4v) is 1.29. The normalized spacial score (nSPS) is 13.6. The number of rotatable bonds is 3. The largest absolute Gasteiger partial charge is 0.496 e. The zero-order valence-electron chi connectivity index (χ0n) is 8.58. The van der Waals surface area contributed by atoms with Gasteiger partial charge in [-0.05, 0) is 17.7 Å². The standard InChI is InChI=1S/C10H12F3NO2/c1-16-9-3-2-6(8(15)5-14)4-7(9)10(11,12)13/h2-4,8,15H,5,14H2,1H3/t8-/m0/s1. The van der Waals surface area contributed by atoms with Crippen LogP contribution in [-0.4, -0.2) is 18.8 Å². The summed E-state index contributed by atoms with van der Waals surface area (Å²) < 4.78 is 42.4. The number of aliphatic hydroxyl groups excluding tert-OH is 1. The van der Waals surface area contributed by atoms with Crippen LogP contribution >= 0.6 is 0 Å². The lowest BCUT2D eigenvalue weighted by molar-refractivity contribution is -0.138. The van der Waals surface area contributed by atoms with Crippen molar-refractivity contribution < 1.29 is 23.0 Å². The second-order valence-corrected chi connectivity index (χ2v) is 3.21. The number of benzene rings is 1. The SMILES string of the molecule is COc1ccc([C@@H](O)CN)cc1C(F)(F)F. The van der Waals surface area contributed by atoms with E-state index in [1.807, 2.05) is 0 Å². The number of hydrogen-bond donors (Lipinski definition) is 2. The van der Waals surface area contributed by atoms with Crippen LogP contribution in [0.5, 0.6) is 5.75 Å². The Labute approximate surface area is 90.6 Å². The van der Waals surface area contributed by atoms with Gasteiger partial charge in [0.15, 0.2) is 0 Å². The van der Waals surface area contributed by atoms with Crippen LogP contribution in [0.1, 0.15) is 17.2 Å². The highest BCUT2D eigenvalue weighted by Gasteiger charge is 2.34. The monoisotopic (exact) mass is 235 g/mol. The quantitative estimate of drug-likeness (QED) is 0.838. The van der Waals surface area contributed by atoms with Crippen molar-refractivity contribution in [3.05, 3.63) is 29.3 Å². The van der Waals surface area contributed by atoms with Gasteiger partial charge in [-0.25, -0.2) is 0 Å². The molecule has 0 radical (unpaired) electrons. The minimum Gasteiger partial charge on any atom is -0.496 e. The van der Waals surface area contributed by atoms with Crippen LogP contribution < -0.4 is 10.5 Å². The number of aliphatic hydroxyl groups is 1. The van der Waals surface area contributed by atoms with E-state index in [-0.39, 0.29) is 17.9 Å². The molecule has 16 heavy (non-hydrogen) atoms. The maximum absolute atomic E-state index is 12.6. The fraction of sp³-hybridized carbons (Fsp3) is 0.400. The molecule has 0 aliphatic heterocycles. The van der Waals surface area contributed by atoms with Crippen LogP contribution in [0.15, 0.2) is 18.2 Å². The third kappa shape index (κ3) is 2.65. The van der Waals surface area contributed by atoms with Crippen LogP contribution in [0.25, 0.3) is 0 Å².